The molecule has 0 aliphatic heterocycles. The first kappa shape index (κ1) is 15.7. The van der Waals surface area contributed by atoms with Crippen LogP contribution in [0.25, 0.3) is 0 Å². The van der Waals surface area contributed by atoms with Gasteiger partial charge in [-0.1, -0.05) is 50.6 Å². The summed E-state index contributed by atoms with van der Waals surface area (Å²) in [6.45, 7) is 8.29. The van der Waals surface area contributed by atoms with E-state index in [1.807, 2.05) is 31.2 Å². The number of nitrogens with one attached hydrogen (secondary N) is 1. The Kier molecular flexibility index (Phi) is 5.55. The third-order valence-electron chi connectivity index (χ3n) is 2.89. The largest absolute Gasteiger partial charge is 0.394 e. The van der Waals surface area contributed by atoms with Crippen LogP contribution in [-0.4, -0.2) is 23.7 Å². The van der Waals surface area contributed by atoms with Crippen LogP contribution in [0.2, 0.25) is 0 Å². The average Bonchev–Trinajstić information content (AvgIpc) is 2.26. The molecule has 0 fully saturated rings. The van der Waals surface area contributed by atoms with Gasteiger partial charge in [0.15, 0.2) is 0 Å². The number of rotatable bonds is 5. The number of aliphatic hydroxyl groups is 1. The molecule has 1 aromatic rings. The van der Waals surface area contributed by atoms with Crippen molar-refractivity contribution in [2.45, 2.75) is 46.6 Å². The fourth-order valence-corrected chi connectivity index (χ4v) is 2.19. The van der Waals surface area contributed by atoms with Crippen molar-refractivity contribution < 1.29 is 9.90 Å². The van der Waals surface area contributed by atoms with Gasteiger partial charge in [0.2, 0.25) is 5.91 Å². The lowest BCUT2D eigenvalue weighted by Gasteiger charge is -2.25. The molecule has 0 spiro atoms. The van der Waals surface area contributed by atoms with Gasteiger partial charge in [0.25, 0.3) is 0 Å². The number of hydrogen-bond acceptors (Lipinski definition) is 2. The number of carbonyl (C=O) groups excluding carboxylic acids is 1. The Hall–Kier alpha value is -1.35. The molecule has 1 unspecified atom stereocenters. The fourth-order valence-electron chi connectivity index (χ4n) is 2.19. The van der Waals surface area contributed by atoms with E-state index in [0.717, 1.165) is 17.5 Å². The first-order valence-corrected chi connectivity index (χ1v) is 6.76. The second-order valence-corrected chi connectivity index (χ2v) is 6.38. The molecule has 0 saturated heterocycles. The van der Waals surface area contributed by atoms with Crippen molar-refractivity contribution in [3.05, 3.63) is 35.4 Å². The van der Waals surface area contributed by atoms with Gasteiger partial charge in [0.05, 0.1) is 19.1 Å². The van der Waals surface area contributed by atoms with Crippen LogP contribution < -0.4 is 5.32 Å². The number of hydrogen-bond donors (Lipinski definition) is 2. The summed E-state index contributed by atoms with van der Waals surface area (Å²) in [7, 11) is 0. The van der Waals surface area contributed by atoms with Gasteiger partial charge < -0.3 is 10.4 Å². The minimum absolute atomic E-state index is 0.0170. The minimum Gasteiger partial charge on any atom is -0.394 e. The molecule has 0 aromatic heterocycles. The molecule has 0 aliphatic carbocycles. The molecule has 3 nitrogen and oxygen atoms in total. The molecule has 0 heterocycles. The Morgan fingerprint density at radius 1 is 1.37 bits per heavy atom. The zero-order valence-electron chi connectivity index (χ0n) is 12.4. The van der Waals surface area contributed by atoms with Gasteiger partial charge in [-0.05, 0) is 24.3 Å². The highest BCUT2D eigenvalue weighted by atomic mass is 16.3. The predicted molar refractivity (Wildman–Crippen MR) is 78.0 cm³/mol. The molecule has 1 amide bonds. The third-order valence-corrected chi connectivity index (χ3v) is 2.89. The van der Waals surface area contributed by atoms with E-state index >= 15 is 0 Å². The summed E-state index contributed by atoms with van der Waals surface area (Å²) in [6, 6.07) is 7.76. The van der Waals surface area contributed by atoms with Crippen molar-refractivity contribution in [1.82, 2.24) is 5.32 Å². The summed E-state index contributed by atoms with van der Waals surface area (Å²) in [5.41, 5.74) is 2.24. The van der Waals surface area contributed by atoms with Crippen LogP contribution in [0, 0.1) is 12.3 Å². The molecule has 1 atom stereocenters. The lowest BCUT2D eigenvalue weighted by molar-refractivity contribution is -0.121. The van der Waals surface area contributed by atoms with Crippen LogP contribution in [0.1, 0.15) is 38.3 Å². The molecule has 1 rings (SSSR count). The molecule has 0 saturated carbocycles. The van der Waals surface area contributed by atoms with Crippen molar-refractivity contribution in [2.75, 3.05) is 6.61 Å². The monoisotopic (exact) mass is 263 g/mol. The highest BCUT2D eigenvalue weighted by molar-refractivity contribution is 5.78. The Labute approximate surface area is 116 Å². The van der Waals surface area contributed by atoms with E-state index in [2.05, 4.69) is 26.1 Å². The van der Waals surface area contributed by atoms with Gasteiger partial charge in [0.1, 0.15) is 0 Å². The Balaban J connectivity index is 2.54. The summed E-state index contributed by atoms with van der Waals surface area (Å²) < 4.78 is 0. The maximum absolute atomic E-state index is 12.0. The van der Waals surface area contributed by atoms with Gasteiger partial charge in [-0.3, -0.25) is 4.79 Å². The van der Waals surface area contributed by atoms with Crippen LogP contribution in [0.15, 0.2) is 24.3 Å². The summed E-state index contributed by atoms with van der Waals surface area (Å²) in [6.07, 6.45) is 1.13. The molecule has 0 radical (unpaired) electrons. The molecule has 106 valence electrons. The number of amides is 1. The van der Waals surface area contributed by atoms with Gasteiger partial charge >= 0.3 is 0 Å². The zero-order chi connectivity index (χ0) is 14.5. The van der Waals surface area contributed by atoms with Crippen molar-refractivity contribution in [2.24, 2.45) is 5.41 Å². The smallest absolute Gasteiger partial charge is 0.224 e. The van der Waals surface area contributed by atoms with Crippen LogP contribution in [0.3, 0.4) is 0 Å². The number of carbonyl (C=O) groups is 1. The zero-order valence-corrected chi connectivity index (χ0v) is 12.4. The first-order valence-electron chi connectivity index (χ1n) is 6.76. The maximum atomic E-state index is 12.0. The maximum Gasteiger partial charge on any atom is 0.224 e. The normalized spacial score (nSPS) is 13.1. The molecular weight excluding hydrogens is 238 g/mol. The van der Waals surface area contributed by atoms with Crippen LogP contribution in [0.5, 0.6) is 0 Å². The summed E-state index contributed by atoms with van der Waals surface area (Å²) in [4.78, 5) is 12.0. The van der Waals surface area contributed by atoms with Gasteiger partial charge in [0, 0.05) is 0 Å². The lowest BCUT2D eigenvalue weighted by atomic mass is 9.88. The van der Waals surface area contributed by atoms with Crippen molar-refractivity contribution in [3.63, 3.8) is 0 Å². The van der Waals surface area contributed by atoms with Gasteiger partial charge in [-0.25, -0.2) is 0 Å². The number of aryl methyl sites for hydroxylation is 1. The van der Waals surface area contributed by atoms with Crippen LogP contribution >= 0.6 is 0 Å². The van der Waals surface area contributed by atoms with Crippen LogP contribution in [-0.2, 0) is 11.2 Å². The summed E-state index contributed by atoms with van der Waals surface area (Å²) >= 11 is 0. The molecule has 3 heteroatoms. The molecular formula is C16H25NO2. The minimum atomic E-state index is -0.169. The van der Waals surface area contributed by atoms with E-state index in [9.17, 15) is 9.90 Å². The van der Waals surface area contributed by atoms with E-state index in [-0.39, 0.29) is 24.0 Å². The van der Waals surface area contributed by atoms with E-state index in [1.54, 1.807) is 0 Å². The Morgan fingerprint density at radius 3 is 2.58 bits per heavy atom. The van der Waals surface area contributed by atoms with Crippen molar-refractivity contribution in [3.8, 4) is 0 Å². The quantitative estimate of drug-likeness (QED) is 0.857. The predicted octanol–water partition coefficient (Wildman–Crippen LogP) is 2.45. The SMILES string of the molecule is Cc1cccc(CC(=O)NC(CO)CC(C)(C)C)c1. The molecule has 2 N–H and O–H groups in total. The standard InChI is InChI=1S/C16H25NO2/c1-12-6-5-7-13(8-12)9-15(19)17-14(11-18)10-16(2,3)4/h5-8,14,18H,9-11H2,1-4H3,(H,17,19). The third kappa shape index (κ3) is 6.39. The fraction of sp³-hybridized carbons (Fsp3) is 0.562. The first-order chi connectivity index (χ1) is 8.80. The van der Waals surface area contributed by atoms with Crippen LogP contribution in [0.4, 0.5) is 0 Å². The number of benzene rings is 1. The highest BCUT2D eigenvalue weighted by Crippen LogP contribution is 2.20. The van der Waals surface area contributed by atoms with E-state index in [1.165, 1.54) is 0 Å². The average molecular weight is 263 g/mol. The van der Waals surface area contributed by atoms with Gasteiger partial charge in [-0.2, -0.15) is 0 Å². The number of aliphatic hydroxyl groups excluding tert-OH is 1. The molecule has 0 aliphatic rings. The summed E-state index contributed by atoms with van der Waals surface area (Å²) in [5, 5.41) is 12.2. The second kappa shape index (κ2) is 6.71. The Morgan fingerprint density at radius 2 is 2.05 bits per heavy atom. The van der Waals surface area contributed by atoms with E-state index < -0.39 is 0 Å². The summed E-state index contributed by atoms with van der Waals surface area (Å²) in [5.74, 6) is -0.0334. The topological polar surface area (TPSA) is 49.3 Å². The molecule has 19 heavy (non-hydrogen) atoms. The second-order valence-electron chi connectivity index (χ2n) is 6.38. The lowest BCUT2D eigenvalue weighted by Crippen LogP contribution is -2.40. The van der Waals surface area contributed by atoms with Gasteiger partial charge in [-0.15, -0.1) is 0 Å². The van der Waals surface area contributed by atoms with Crippen molar-refractivity contribution in [1.29, 1.82) is 0 Å². The molecule has 0 bridgehead atoms. The Bertz CT molecular complexity index is 421. The highest BCUT2D eigenvalue weighted by Gasteiger charge is 2.19. The van der Waals surface area contributed by atoms with E-state index in [0.29, 0.717) is 6.42 Å². The molecule has 1 aromatic carbocycles. The van der Waals surface area contributed by atoms with Crippen molar-refractivity contribution >= 4 is 5.91 Å². The van der Waals surface area contributed by atoms with E-state index in [4.69, 9.17) is 0 Å².